The van der Waals surface area contributed by atoms with Crippen molar-refractivity contribution in [1.29, 1.82) is 0 Å². The monoisotopic (exact) mass is 353 g/mol. The third-order valence-corrected chi connectivity index (χ3v) is 4.11. The Morgan fingerprint density at radius 2 is 1.92 bits per heavy atom. The highest BCUT2D eigenvalue weighted by molar-refractivity contribution is 6.01. The molecule has 2 aromatic rings. The van der Waals surface area contributed by atoms with E-state index in [4.69, 9.17) is 9.47 Å². The molecule has 0 unspecified atom stereocenters. The van der Waals surface area contributed by atoms with Crippen LogP contribution < -0.4 is 10.1 Å². The summed E-state index contributed by atoms with van der Waals surface area (Å²) >= 11 is 0. The summed E-state index contributed by atoms with van der Waals surface area (Å²) < 4.78 is 10.6. The van der Waals surface area contributed by atoms with Gasteiger partial charge >= 0.3 is 5.97 Å². The number of Topliss-reactive ketones (excluding diaryl/α,β-unsaturated/α-hetero) is 1. The largest absolute Gasteiger partial charge is 0.478 e. The molecule has 1 N–H and O–H groups in total. The smallest absolute Gasteiger partial charge is 0.310 e. The molecular weight excluding hydrogens is 334 g/mol. The van der Waals surface area contributed by atoms with Crippen molar-refractivity contribution in [1.82, 2.24) is 0 Å². The first kappa shape index (κ1) is 17.7. The van der Waals surface area contributed by atoms with Crippen LogP contribution in [-0.2, 0) is 14.3 Å². The van der Waals surface area contributed by atoms with Gasteiger partial charge in [0.15, 0.2) is 12.7 Å². The number of amides is 1. The highest BCUT2D eigenvalue weighted by Crippen LogP contribution is 2.29. The van der Waals surface area contributed by atoms with E-state index in [0.29, 0.717) is 17.0 Å². The third-order valence-electron chi connectivity index (χ3n) is 4.11. The maximum Gasteiger partial charge on any atom is 0.310 e. The molecule has 0 aromatic heterocycles. The molecule has 0 saturated heterocycles. The van der Waals surface area contributed by atoms with Crippen molar-refractivity contribution < 1.29 is 23.9 Å². The number of esters is 1. The number of ketones is 1. The molecule has 134 valence electrons. The maximum absolute atomic E-state index is 12.2. The van der Waals surface area contributed by atoms with E-state index >= 15 is 0 Å². The minimum atomic E-state index is -0.978. The standard InChI is InChI=1S/C20H19NO5/c1-12-7-8-14(13(2)9-12)16(22)11-25-19(23)10-18-20(24)21-15-5-3-4-6-17(15)26-18/h3-9,18H,10-11H2,1-2H3,(H,21,24)/t18-/m1/s1. The van der Waals surface area contributed by atoms with Crippen molar-refractivity contribution >= 4 is 23.3 Å². The number of rotatable bonds is 5. The Kier molecular flexibility index (Phi) is 5.02. The first-order valence-electron chi connectivity index (χ1n) is 8.26. The van der Waals surface area contributed by atoms with Gasteiger partial charge in [-0.05, 0) is 31.5 Å². The number of aryl methyl sites for hydroxylation is 2. The van der Waals surface area contributed by atoms with Crippen molar-refractivity contribution in [3.8, 4) is 5.75 Å². The van der Waals surface area contributed by atoms with Crippen molar-refractivity contribution in [3.05, 3.63) is 59.2 Å². The van der Waals surface area contributed by atoms with Crippen molar-refractivity contribution in [3.63, 3.8) is 0 Å². The van der Waals surface area contributed by atoms with Crippen LogP contribution in [-0.4, -0.2) is 30.4 Å². The molecule has 6 nitrogen and oxygen atoms in total. The topological polar surface area (TPSA) is 81.7 Å². The van der Waals surface area contributed by atoms with Gasteiger partial charge in [0.25, 0.3) is 5.91 Å². The average Bonchev–Trinajstić information content (AvgIpc) is 2.60. The predicted molar refractivity (Wildman–Crippen MR) is 95.3 cm³/mol. The van der Waals surface area contributed by atoms with Crippen LogP contribution in [0.15, 0.2) is 42.5 Å². The fourth-order valence-electron chi connectivity index (χ4n) is 2.79. The summed E-state index contributed by atoms with van der Waals surface area (Å²) in [6, 6.07) is 12.4. The minimum Gasteiger partial charge on any atom is -0.478 e. The van der Waals surface area contributed by atoms with Crippen molar-refractivity contribution in [2.24, 2.45) is 0 Å². The summed E-state index contributed by atoms with van der Waals surface area (Å²) in [6.45, 7) is 3.40. The molecule has 0 bridgehead atoms. The molecule has 0 saturated carbocycles. The van der Waals surface area contributed by atoms with E-state index in [0.717, 1.165) is 11.1 Å². The van der Waals surface area contributed by atoms with E-state index in [-0.39, 0.29) is 18.8 Å². The highest BCUT2D eigenvalue weighted by atomic mass is 16.5. The first-order valence-corrected chi connectivity index (χ1v) is 8.26. The molecule has 1 aliphatic heterocycles. The summed E-state index contributed by atoms with van der Waals surface area (Å²) in [5.41, 5.74) is 2.96. The lowest BCUT2D eigenvalue weighted by atomic mass is 10.0. The summed E-state index contributed by atoms with van der Waals surface area (Å²) in [4.78, 5) is 36.2. The van der Waals surface area contributed by atoms with Crippen LogP contribution in [0.5, 0.6) is 5.75 Å². The molecule has 0 fully saturated rings. The molecule has 1 amide bonds. The summed E-state index contributed by atoms with van der Waals surface area (Å²) in [6.07, 6.45) is -1.24. The number of anilines is 1. The predicted octanol–water partition coefficient (Wildman–Crippen LogP) is 2.82. The third kappa shape index (κ3) is 3.91. The second-order valence-corrected chi connectivity index (χ2v) is 6.20. The molecule has 6 heteroatoms. The van der Waals surface area contributed by atoms with Gasteiger partial charge in [0.1, 0.15) is 5.75 Å². The van der Waals surface area contributed by atoms with Crippen molar-refractivity contribution in [2.45, 2.75) is 26.4 Å². The first-order chi connectivity index (χ1) is 12.4. The van der Waals surface area contributed by atoms with Crippen LogP contribution in [0.4, 0.5) is 5.69 Å². The van der Waals surface area contributed by atoms with Crippen LogP contribution >= 0.6 is 0 Å². The van der Waals surface area contributed by atoms with E-state index < -0.39 is 18.0 Å². The lowest BCUT2D eigenvalue weighted by molar-refractivity contribution is -0.146. The fraction of sp³-hybridized carbons (Fsp3) is 0.250. The van der Waals surface area contributed by atoms with E-state index in [2.05, 4.69) is 5.32 Å². The Labute approximate surface area is 151 Å². The van der Waals surface area contributed by atoms with Gasteiger partial charge in [-0.15, -0.1) is 0 Å². The molecule has 0 radical (unpaired) electrons. The molecule has 1 heterocycles. The zero-order chi connectivity index (χ0) is 18.7. The molecular formula is C20H19NO5. The Morgan fingerprint density at radius 1 is 1.15 bits per heavy atom. The summed E-state index contributed by atoms with van der Waals surface area (Å²) in [5.74, 6) is -0.865. The Morgan fingerprint density at radius 3 is 2.69 bits per heavy atom. The molecule has 0 aliphatic carbocycles. The lowest BCUT2D eigenvalue weighted by Gasteiger charge is -2.25. The second kappa shape index (κ2) is 7.39. The van der Waals surface area contributed by atoms with E-state index in [1.807, 2.05) is 26.0 Å². The van der Waals surface area contributed by atoms with Gasteiger partial charge in [-0.25, -0.2) is 0 Å². The van der Waals surface area contributed by atoms with E-state index in [9.17, 15) is 14.4 Å². The van der Waals surface area contributed by atoms with Gasteiger partial charge in [-0.2, -0.15) is 0 Å². The molecule has 26 heavy (non-hydrogen) atoms. The fourth-order valence-corrected chi connectivity index (χ4v) is 2.79. The second-order valence-electron chi connectivity index (χ2n) is 6.20. The molecule has 0 spiro atoms. The van der Waals surface area contributed by atoms with Gasteiger partial charge in [0, 0.05) is 5.56 Å². The number of carbonyl (C=O) groups excluding carboxylic acids is 3. The number of hydrogen-bond acceptors (Lipinski definition) is 5. The lowest BCUT2D eigenvalue weighted by Crippen LogP contribution is -2.39. The van der Waals surface area contributed by atoms with Crippen LogP contribution in [0.1, 0.15) is 27.9 Å². The number of carbonyl (C=O) groups is 3. The zero-order valence-corrected chi connectivity index (χ0v) is 14.6. The quantitative estimate of drug-likeness (QED) is 0.660. The number of nitrogens with one attached hydrogen (secondary N) is 1. The number of benzene rings is 2. The Bertz CT molecular complexity index is 874. The number of hydrogen-bond donors (Lipinski definition) is 1. The molecule has 1 aliphatic rings. The molecule has 3 rings (SSSR count). The normalized spacial score (nSPS) is 15.5. The van der Waals surface area contributed by atoms with E-state index in [1.54, 1.807) is 30.3 Å². The maximum atomic E-state index is 12.2. The average molecular weight is 353 g/mol. The van der Waals surface area contributed by atoms with Crippen LogP contribution in [0.2, 0.25) is 0 Å². The van der Waals surface area contributed by atoms with Crippen LogP contribution in [0.25, 0.3) is 0 Å². The van der Waals surface area contributed by atoms with Crippen LogP contribution in [0, 0.1) is 13.8 Å². The number of fused-ring (bicyclic) bond motifs is 1. The van der Waals surface area contributed by atoms with E-state index in [1.165, 1.54) is 0 Å². The van der Waals surface area contributed by atoms with Crippen LogP contribution in [0.3, 0.4) is 0 Å². The van der Waals surface area contributed by atoms with Gasteiger partial charge in [0.05, 0.1) is 12.1 Å². The Hall–Kier alpha value is -3.15. The Balaban J connectivity index is 1.56. The van der Waals surface area contributed by atoms with Gasteiger partial charge in [-0.1, -0.05) is 35.9 Å². The minimum absolute atomic E-state index is 0.264. The van der Waals surface area contributed by atoms with Crippen molar-refractivity contribution in [2.75, 3.05) is 11.9 Å². The zero-order valence-electron chi connectivity index (χ0n) is 14.6. The van der Waals surface area contributed by atoms with Gasteiger partial charge < -0.3 is 14.8 Å². The van der Waals surface area contributed by atoms with Gasteiger partial charge in [0.2, 0.25) is 5.78 Å². The van der Waals surface area contributed by atoms with Gasteiger partial charge in [-0.3, -0.25) is 14.4 Å². The molecule has 2 aromatic carbocycles. The summed E-state index contributed by atoms with van der Waals surface area (Å²) in [5, 5.41) is 2.68. The number of para-hydroxylation sites is 2. The number of ether oxygens (including phenoxy) is 2. The SMILES string of the molecule is Cc1ccc(C(=O)COC(=O)C[C@H]2Oc3ccccc3NC2=O)c(C)c1. The highest BCUT2D eigenvalue weighted by Gasteiger charge is 2.30. The summed E-state index contributed by atoms with van der Waals surface area (Å²) in [7, 11) is 0. The molecule has 1 atom stereocenters.